The van der Waals surface area contributed by atoms with Gasteiger partial charge in [-0.2, -0.15) is 22.0 Å². The Morgan fingerprint density at radius 2 is 1.43 bits per heavy atom. The molecule has 7 heteroatoms. The summed E-state index contributed by atoms with van der Waals surface area (Å²) in [7, 11) is 1.10. The van der Waals surface area contributed by atoms with Crippen LogP contribution in [0.15, 0.2) is 24.3 Å². The first kappa shape index (κ1) is 19.7. The number of ether oxygens (including phenoxy) is 2. The van der Waals surface area contributed by atoms with Crippen LogP contribution in [0, 0.1) is 0 Å². The number of para-hydroxylation sites is 1. The summed E-state index contributed by atoms with van der Waals surface area (Å²) < 4.78 is 75.4. The van der Waals surface area contributed by atoms with Crippen LogP contribution >= 0.6 is 0 Å². The second-order valence-electron chi connectivity index (χ2n) is 6.52. The molecule has 0 radical (unpaired) electrons. The first-order valence-electron chi connectivity index (χ1n) is 7.00. The van der Waals surface area contributed by atoms with E-state index in [0.717, 1.165) is 7.11 Å². The Hall–Kier alpha value is -1.37. The number of hydrogen-bond donors (Lipinski definition) is 0. The van der Waals surface area contributed by atoms with E-state index in [4.69, 9.17) is 9.47 Å². The molecule has 0 amide bonds. The van der Waals surface area contributed by atoms with Crippen LogP contribution in [0.2, 0.25) is 0 Å². The number of rotatable bonds is 5. The maximum Gasteiger partial charge on any atom is 0.453 e. The Balaban J connectivity index is 3.29. The maximum atomic E-state index is 13.5. The van der Waals surface area contributed by atoms with E-state index in [1.54, 1.807) is 26.8 Å². The number of halogens is 5. The molecule has 132 valence electrons. The molecular weight excluding hydrogens is 319 g/mol. The van der Waals surface area contributed by atoms with Crippen molar-refractivity contribution in [3.8, 4) is 5.75 Å². The standard InChI is InChI=1S/C16H21F5O2/c1-13(2,3)23-12-9-7-6-8-11(12)14(4,22-5)10-15(17,18)16(19,20)21/h6-9H,10H2,1-5H3. The molecule has 1 aromatic rings. The van der Waals surface area contributed by atoms with Crippen LogP contribution < -0.4 is 4.74 Å². The summed E-state index contributed by atoms with van der Waals surface area (Å²) in [4.78, 5) is 0. The minimum absolute atomic E-state index is 0.140. The lowest BCUT2D eigenvalue weighted by Gasteiger charge is -2.35. The quantitative estimate of drug-likeness (QED) is 0.676. The number of benzene rings is 1. The molecule has 0 aliphatic carbocycles. The van der Waals surface area contributed by atoms with Gasteiger partial charge in [0, 0.05) is 12.7 Å². The third-order valence-electron chi connectivity index (χ3n) is 3.30. The van der Waals surface area contributed by atoms with Gasteiger partial charge in [0.15, 0.2) is 0 Å². The van der Waals surface area contributed by atoms with Crippen molar-refractivity contribution < 1.29 is 31.4 Å². The molecule has 0 saturated carbocycles. The van der Waals surface area contributed by atoms with E-state index in [2.05, 4.69) is 0 Å². The van der Waals surface area contributed by atoms with Crippen molar-refractivity contribution in [2.24, 2.45) is 0 Å². The number of alkyl halides is 5. The Morgan fingerprint density at radius 3 is 1.87 bits per heavy atom. The third kappa shape index (κ3) is 4.80. The van der Waals surface area contributed by atoms with Gasteiger partial charge in [-0.1, -0.05) is 18.2 Å². The molecule has 0 spiro atoms. The van der Waals surface area contributed by atoms with Crippen molar-refractivity contribution in [2.75, 3.05) is 7.11 Å². The minimum atomic E-state index is -5.65. The summed E-state index contributed by atoms with van der Waals surface area (Å²) in [5.74, 6) is -4.67. The van der Waals surface area contributed by atoms with Gasteiger partial charge >= 0.3 is 12.1 Å². The Bertz CT molecular complexity index is 534. The zero-order valence-electron chi connectivity index (χ0n) is 13.7. The minimum Gasteiger partial charge on any atom is -0.488 e. The molecule has 1 aromatic carbocycles. The molecule has 23 heavy (non-hydrogen) atoms. The van der Waals surface area contributed by atoms with Crippen LogP contribution in [0.4, 0.5) is 22.0 Å². The Kier molecular flexibility index (Phi) is 5.36. The summed E-state index contributed by atoms with van der Waals surface area (Å²) in [6, 6.07) is 6.09. The fourth-order valence-corrected chi connectivity index (χ4v) is 2.12. The fourth-order valence-electron chi connectivity index (χ4n) is 2.12. The van der Waals surface area contributed by atoms with Crippen LogP contribution in [0.3, 0.4) is 0 Å². The highest BCUT2D eigenvalue weighted by atomic mass is 19.4. The van der Waals surface area contributed by atoms with Crippen molar-refractivity contribution in [2.45, 2.75) is 57.4 Å². The fraction of sp³-hybridized carbons (Fsp3) is 0.625. The van der Waals surface area contributed by atoms with Crippen LogP contribution in [-0.4, -0.2) is 24.8 Å². The van der Waals surface area contributed by atoms with Crippen LogP contribution in [-0.2, 0) is 10.3 Å². The number of methoxy groups -OCH3 is 1. The average molecular weight is 340 g/mol. The highest BCUT2D eigenvalue weighted by Gasteiger charge is 2.60. The topological polar surface area (TPSA) is 18.5 Å². The molecular formula is C16H21F5O2. The van der Waals surface area contributed by atoms with E-state index < -0.39 is 29.7 Å². The van der Waals surface area contributed by atoms with Gasteiger partial charge in [0.1, 0.15) is 11.4 Å². The van der Waals surface area contributed by atoms with Crippen molar-refractivity contribution in [1.82, 2.24) is 0 Å². The largest absolute Gasteiger partial charge is 0.488 e. The van der Waals surface area contributed by atoms with Crippen molar-refractivity contribution in [3.05, 3.63) is 29.8 Å². The summed E-state index contributed by atoms with van der Waals surface area (Å²) in [6.07, 6.45) is -7.18. The van der Waals surface area contributed by atoms with Gasteiger partial charge in [0.05, 0.1) is 12.0 Å². The smallest absolute Gasteiger partial charge is 0.453 e. The van der Waals surface area contributed by atoms with E-state index in [1.807, 2.05) is 0 Å². The van der Waals surface area contributed by atoms with Gasteiger partial charge in [-0.25, -0.2) is 0 Å². The second kappa shape index (κ2) is 6.26. The summed E-state index contributed by atoms with van der Waals surface area (Å²) >= 11 is 0. The summed E-state index contributed by atoms with van der Waals surface area (Å²) in [5, 5.41) is 0. The molecule has 0 bridgehead atoms. The number of hydrogen-bond acceptors (Lipinski definition) is 2. The lowest BCUT2D eigenvalue weighted by molar-refractivity contribution is -0.298. The SMILES string of the molecule is COC(C)(CC(F)(F)C(F)(F)F)c1ccccc1OC(C)(C)C. The summed E-state index contributed by atoms with van der Waals surface area (Å²) in [6.45, 7) is 6.44. The van der Waals surface area contributed by atoms with E-state index in [9.17, 15) is 22.0 Å². The van der Waals surface area contributed by atoms with Crippen LogP contribution in [0.1, 0.15) is 39.7 Å². The monoisotopic (exact) mass is 340 g/mol. The Labute approximate surface area is 132 Å². The van der Waals surface area contributed by atoms with Gasteiger partial charge in [-0.05, 0) is 33.8 Å². The molecule has 0 aromatic heterocycles. The van der Waals surface area contributed by atoms with Crippen molar-refractivity contribution >= 4 is 0 Å². The van der Waals surface area contributed by atoms with E-state index >= 15 is 0 Å². The van der Waals surface area contributed by atoms with E-state index in [-0.39, 0.29) is 11.3 Å². The van der Waals surface area contributed by atoms with Crippen molar-refractivity contribution in [1.29, 1.82) is 0 Å². The highest BCUT2D eigenvalue weighted by Crippen LogP contribution is 2.47. The van der Waals surface area contributed by atoms with Crippen molar-refractivity contribution in [3.63, 3.8) is 0 Å². The third-order valence-corrected chi connectivity index (χ3v) is 3.30. The van der Waals surface area contributed by atoms with Gasteiger partial charge in [0.25, 0.3) is 0 Å². The van der Waals surface area contributed by atoms with Gasteiger partial charge in [-0.3, -0.25) is 0 Å². The molecule has 1 unspecified atom stereocenters. The van der Waals surface area contributed by atoms with E-state index in [1.165, 1.54) is 25.1 Å². The molecule has 0 aliphatic rings. The molecule has 0 saturated heterocycles. The lowest BCUT2D eigenvalue weighted by Crippen LogP contribution is -2.43. The molecule has 2 nitrogen and oxygen atoms in total. The van der Waals surface area contributed by atoms with Crippen LogP contribution in [0.5, 0.6) is 5.75 Å². The molecule has 0 fully saturated rings. The molecule has 0 N–H and O–H groups in total. The van der Waals surface area contributed by atoms with Gasteiger partial charge < -0.3 is 9.47 Å². The predicted molar refractivity (Wildman–Crippen MR) is 76.8 cm³/mol. The molecule has 0 heterocycles. The zero-order valence-corrected chi connectivity index (χ0v) is 13.7. The predicted octanol–water partition coefficient (Wildman–Crippen LogP) is 5.31. The first-order valence-corrected chi connectivity index (χ1v) is 7.00. The molecule has 1 rings (SSSR count). The van der Waals surface area contributed by atoms with E-state index in [0.29, 0.717) is 0 Å². The Morgan fingerprint density at radius 1 is 0.913 bits per heavy atom. The average Bonchev–Trinajstić information content (AvgIpc) is 2.35. The highest BCUT2D eigenvalue weighted by molar-refractivity contribution is 5.38. The zero-order chi connectivity index (χ0) is 18.1. The normalized spacial score (nSPS) is 16.1. The lowest BCUT2D eigenvalue weighted by atomic mass is 9.88. The summed E-state index contributed by atoms with van der Waals surface area (Å²) in [5.41, 5.74) is -2.36. The van der Waals surface area contributed by atoms with Gasteiger partial charge in [-0.15, -0.1) is 0 Å². The molecule has 0 aliphatic heterocycles. The maximum absolute atomic E-state index is 13.5. The molecule has 1 atom stereocenters. The first-order chi connectivity index (χ1) is 10.2. The van der Waals surface area contributed by atoms with Crippen LogP contribution in [0.25, 0.3) is 0 Å². The van der Waals surface area contributed by atoms with Gasteiger partial charge in [0.2, 0.25) is 0 Å². The second-order valence-corrected chi connectivity index (χ2v) is 6.52.